The van der Waals surface area contributed by atoms with E-state index in [9.17, 15) is 9.59 Å². The Labute approximate surface area is 132 Å². The van der Waals surface area contributed by atoms with Crippen molar-refractivity contribution in [2.75, 3.05) is 18.4 Å². The van der Waals surface area contributed by atoms with Crippen LogP contribution in [0.4, 0.5) is 5.13 Å². The molecule has 0 spiro atoms. The molecule has 0 unspecified atom stereocenters. The lowest BCUT2D eigenvalue weighted by Gasteiger charge is -2.03. The third kappa shape index (κ3) is 4.37. The molecule has 0 atom stereocenters. The van der Waals surface area contributed by atoms with Crippen LogP contribution in [0.25, 0.3) is 11.3 Å². The quantitative estimate of drug-likeness (QED) is 0.749. The SMILES string of the molecule is CCc1ccc(-c2csc(NC(=O)CNC(=O)CN)n2)cc1. The Morgan fingerprint density at radius 3 is 2.59 bits per heavy atom. The van der Waals surface area contributed by atoms with E-state index in [2.05, 4.69) is 34.7 Å². The molecule has 2 rings (SSSR count). The second-order valence-electron chi connectivity index (χ2n) is 4.62. The van der Waals surface area contributed by atoms with Crippen molar-refractivity contribution in [3.8, 4) is 11.3 Å². The highest BCUT2D eigenvalue weighted by Gasteiger charge is 2.09. The fourth-order valence-electron chi connectivity index (χ4n) is 1.79. The number of amides is 2. The third-order valence-corrected chi connectivity index (χ3v) is 3.80. The lowest BCUT2D eigenvalue weighted by Crippen LogP contribution is -2.36. The van der Waals surface area contributed by atoms with Crippen molar-refractivity contribution in [1.29, 1.82) is 0 Å². The van der Waals surface area contributed by atoms with E-state index in [1.165, 1.54) is 16.9 Å². The summed E-state index contributed by atoms with van der Waals surface area (Å²) in [6.45, 7) is 1.85. The van der Waals surface area contributed by atoms with Crippen LogP contribution in [0.15, 0.2) is 29.6 Å². The standard InChI is InChI=1S/C15H18N4O2S/c1-2-10-3-5-11(6-4-10)12-9-22-15(18-12)19-14(21)8-17-13(20)7-16/h3-6,9H,2,7-8,16H2,1H3,(H,17,20)(H,18,19,21). The summed E-state index contributed by atoms with van der Waals surface area (Å²) in [5.41, 5.74) is 8.23. The van der Waals surface area contributed by atoms with Gasteiger partial charge in [-0.25, -0.2) is 4.98 Å². The molecule has 1 heterocycles. The number of thiazole rings is 1. The normalized spacial score (nSPS) is 10.3. The Morgan fingerprint density at radius 2 is 1.95 bits per heavy atom. The zero-order valence-corrected chi connectivity index (χ0v) is 13.1. The van der Waals surface area contributed by atoms with Gasteiger partial charge in [0.1, 0.15) is 0 Å². The Kier molecular flexibility index (Phi) is 5.62. The second-order valence-corrected chi connectivity index (χ2v) is 5.48. The highest BCUT2D eigenvalue weighted by atomic mass is 32.1. The minimum Gasteiger partial charge on any atom is -0.346 e. The highest BCUT2D eigenvalue weighted by molar-refractivity contribution is 7.14. The topological polar surface area (TPSA) is 97.1 Å². The first-order chi connectivity index (χ1) is 10.6. The van der Waals surface area contributed by atoms with Crippen LogP contribution in [0.5, 0.6) is 0 Å². The minimum absolute atomic E-state index is 0.115. The van der Waals surface area contributed by atoms with Crippen molar-refractivity contribution in [2.24, 2.45) is 5.73 Å². The highest BCUT2D eigenvalue weighted by Crippen LogP contribution is 2.25. The molecule has 116 valence electrons. The number of benzene rings is 1. The van der Waals surface area contributed by atoms with Crippen molar-refractivity contribution in [3.05, 3.63) is 35.2 Å². The molecule has 1 aromatic heterocycles. The van der Waals surface area contributed by atoms with Gasteiger partial charge in [-0.15, -0.1) is 11.3 Å². The summed E-state index contributed by atoms with van der Waals surface area (Å²) in [6.07, 6.45) is 0.993. The van der Waals surface area contributed by atoms with Gasteiger partial charge in [0.05, 0.1) is 18.8 Å². The molecule has 0 aliphatic rings. The lowest BCUT2D eigenvalue weighted by atomic mass is 10.1. The van der Waals surface area contributed by atoms with E-state index >= 15 is 0 Å². The van der Waals surface area contributed by atoms with Crippen LogP contribution in [0, 0.1) is 0 Å². The third-order valence-electron chi connectivity index (χ3n) is 3.04. The molecule has 2 amide bonds. The zero-order valence-electron chi connectivity index (χ0n) is 12.3. The number of rotatable bonds is 6. The molecule has 6 nitrogen and oxygen atoms in total. The molecule has 2 aromatic rings. The lowest BCUT2D eigenvalue weighted by molar-refractivity contribution is -0.123. The summed E-state index contributed by atoms with van der Waals surface area (Å²) in [4.78, 5) is 27.0. The van der Waals surface area contributed by atoms with Gasteiger partial charge in [-0.2, -0.15) is 0 Å². The van der Waals surface area contributed by atoms with Gasteiger partial charge in [0.15, 0.2) is 5.13 Å². The van der Waals surface area contributed by atoms with Gasteiger partial charge in [-0.05, 0) is 12.0 Å². The molecule has 22 heavy (non-hydrogen) atoms. The molecule has 0 saturated carbocycles. The van der Waals surface area contributed by atoms with E-state index in [0.29, 0.717) is 5.13 Å². The van der Waals surface area contributed by atoms with Crippen molar-refractivity contribution in [1.82, 2.24) is 10.3 Å². The molecule has 1 aromatic carbocycles. The Balaban J connectivity index is 1.95. The van der Waals surface area contributed by atoms with Crippen LogP contribution in [-0.2, 0) is 16.0 Å². The molecule has 0 radical (unpaired) electrons. The average Bonchev–Trinajstić information content (AvgIpc) is 3.01. The van der Waals surface area contributed by atoms with E-state index in [4.69, 9.17) is 5.73 Å². The maximum atomic E-state index is 11.7. The Morgan fingerprint density at radius 1 is 1.23 bits per heavy atom. The molecular weight excluding hydrogens is 300 g/mol. The molecule has 0 bridgehead atoms. The molecule has 0 saturated heterocycles. The average molecular weight is 318 g/mol. The largest absolute Gasteiger partial charge is 0.346 e. The molecule has 4 N–H and O–H groups in total. The van der Waals surface area contributed by atoms with Crippen LogP contribution in [0.2, 0.25) is 0 Å². The van der Waals surface area contributed by atoms with Gasteiger partial charge in [0.25, 0.3) is 0 Å². The van der Waals surface area contributed by atoms with Gasteiger partial charge in [-0.1, -0.05) is 31.2 Å². The van der Waals surface area contributed by atoms with Crippen molar-refractivity contribution in [2.45, 2.75) is 13.3 Å². The monoisotopic (exact) mass is 318 g/mol. The van der Waals surface area contributed by atoms with Crippen LogP contribution in [-0.4, -0.2) is 29.9 Å². The first kappa shape index (κ1) is 16.1. The maximum absolute atomic E-state index is 11.7. The van der Waals surface area contributed by atoms with Gasteiger partial charge < -0.3 is 16.4 Å². The summed E-state index contributed by atoms with van der Waals surface area (Å²) < 4.78 is 0. The number of nitrogens with zero attached hydrogens (tertiary/aromatic N) is 1. The number of carbonyl (C=O) groups excluding carboxylic acids is 2. The van der Waals surface area contributed by atoms with Crippen LogP contribution < -0.4 is 16.4 Å². The maximum Gasteiger partial charge on any atom is 0.245 e. The zero-order chi connectivity index (χ0) is 15.9. The summed E-state index contributed by atoms with van der Waals surface area (Å²) in [5, 5.41) is 7.44. The van der Waals surface area contributed by atoms with Crippen molar-refractivity contribution < 1.29 is 9.59 Å². The number of aromatic nitrogens is 1. The molecule has 0 aliphatic heterocycles. The Bertz CT molecular complexity index is 652. The summed E-state index contributed by atoms with van der Waals surface area (Å²) in [7, 11) is 0. The van der Waals surface area contributed by atoms with Gasteiger partial charge >= 0.3 is 0 Å². The fourth-order valence-corrected chi connectivity index (χ4v) is 2.53. The second kappa shape index (κ2) is 7.67. The molecular formula is C15H18N4O2S. The Hall–Kier alpha value is -2.25. The number of nitrogens with one attached hydrogen (secondary N) is 2. The fraction of sp³-hybridized carbons (Fsp3) is 0.267. The minimum atomic E-state index is -0.369. The van der Waals surface area contributed by atoms with E-state index in [1.807, 2.05) is 17.5 Å². The number of hydrogen-bond donors (Lipinski definition) is 3. The van der Waals surface area contributed by atoms with Gasteiger partial charge in [-0.3, -0.25) is 9.59 Å². The van der Waals surface area contributed by atoms with E-state index < -0.39 is 0 Å². The van der Waals surface area contributed by atoms with Crippen LogP contribution in [0.1, 0.15) is 12.5 Å². The smallest absolute Gasteiger partial charge is 0.245 e. The van der Waals surface area contributed by atoms with Crippen molar-refractivity contribution in [3.63, 3.8) is 0 Å². The van der Waals surface area contributed by atoms with Crippen LogP contribution >= 0.6 is 11.3 Å². The number of anilines is 1. The number of hydrogen-bond acceptors (Lipinski definition) is 5. The van der Waals surface area contributed by atoms with E-state index in [1.54, 1.807) is 0 Å². The molecule has 0 fully saturated rings. The summed E-state index contributed by atoms with van der Waals surface area (Å²) >= 11 is 1.34. The number of nitrogens with two attached hydrogens (primary N) is 1. The van der Waals surface area contributed by atoms with Crippen molar-refractivity contribution >= 4 is 28.3 Å². The van der Waals surface area contributed by atoms with Gasteiger partial charge in [0.2, 0.25) is 11.8 Å². The number of carbonyl (C=O) groups is 2. The van der Waals surface area contributed by atoms with E-state index in [-0.39, 0.29) is 24.9 Å². The first-order valence-electron chi connectivity index (χ1n) is 6.93. The predicted molar refractivity (Wildman–Crippen MR) is 87.6 cm³/mol. The van der Waals surface area contributed by atoms with Crippen LogP contribution in [0.3, 0.4) is 0 Å². The molecule has 0 aliphatic carbocycles. The number of aryl methyl sites for hydroxylation is 1. The van der Waals surface area contributed by atoms with Gasteiger partial charge in [0, 0.05) is 10.9 Å². The predicted octanol–water partition coefficient (Wildman–Crippen LogP) is 1.39. The summed E-state index contributed by atoms with van der Waals surface area (Å²) in [6, 6.07) is 8.16. The van der Waals surface area contributed by atoms with E-state index in [0.717, 1.165) is 17.7 Å². The summed E-state index contributed by atoms with van der Waals surface area (Å²) in [5.74, 6) is -0.699. The first-order valence-corrected chi connectivity index (χ1v) is 7.81. The molecule has 7 heteroatoms.